The van der Waals surface area contributed by atoms with Crippen LogP contribution in [0.25, 0.3) is 0 Å². The first-order valence-corrected chi connectivity index (χ1v) is 16.1. The zero-order valence-electron chi connectivity index (χ0n) is 23.6. The van der Waals surface area contributed by atoms with E-state index in [1.54, 1.807) is 49.6 Å². The highest BCUT2D eigenvalue weighted by Crippen LogP contribution is 2.35. The van der Waals surface area contributed by atoms with Crippen LogP contribution in [-0.2, 0) is 26.2 Å². The number of benzene rings is 3. The molecule has 0 bridgehead atoms. The zero-order valence-corrected chi connectivity index (χ0v) is 26.0. The number of hydrogen-bond donors (Lipinski definition) is 1. The molecule has 1 N–H and O–H groups in total. The Balaban J connectivity index is 1.74. The highest BCUT2D eigenvalue weighted by Gasteiger charge is 2.35. The third kappa shape index (κ3) is 7.38. The smallest absolute Gasteiger partial charge is 0.264 e. The number of amides is 2. The topological polar surface area (TPSA) is 96.0 Å². The molecule has 0 saturated heterocycles. The van der Waals surface area contributed by atoms with Crippen molar-refractivity contribution in [1.29, 1.82) is 0 Å². The van der Waals surface area contributed by atoms with E-state index in [0.717, 1.165) is 35.6 Å². The van der Waals surface area contributed by atoms with Crippen molar-refractivity contribution in [2.75, 3.05) is 18.0 Å². The molecule has 3 aromatic rings. The number of methoxy groups -OCH3 is 1. The molecule has 11 heteroatoms. The van der Waals surface area contributed by atoms with Crippen LogP contribution < -0.4 is 14.4 Å². The van der Waals surface area contributed by atoms with Gasteiger partial charge in [0.2, 0.25) is 11.8 Å². The highest BCUT2D eigenvalue weighted by atomic mass is 35.5. The predicted molar refractivity (Wildman–Crippen MR) is 165 cm³/mol. The Hall–Kier alpha value is -3.27. The summed E-state index contributed by atoms with van der Waals surface area (Å²) in [4.78, 5) is 29.2. The molecule has 42 heavy (non-hydrogen) atoms. The molecule has 0 heterocycles. The number of carbonyl (C=O) groups excluding carboxylic acids is 2. The van der Waals surface area contributed by atoms with Crippen molar-refractivity contribution in [3.05, 3.63) is 88.4 Å². The first-order valence-electron chi connectivity index (χ1n) is 13.9. The molecule has 0 aliphatic heterocycles. The van der Waals surface area contributed by atoms with E-state index < -0.39 is 28.5 Å². The summed E-state index contributed by atoms with van der Waals surface area (Å²) < 4.78 is 34.2. The SMILES string of the molecule is CC[C@@H](C(=O)NC1CCCC1)N(Cc1cccc(OC)c1)C(=O)CN(c1cccc(Cl)c1Cl)S(=O)(=O)c1ccccc1. The molecule has 1 fully saturated rings. The van der Waals surface area contributed by atoms with Crippen LogP contribution >= 0.6 is 23.2 Å². The van der Waals surface area contributed by atoms with E-state index in [2.05, 4.69) is 5.32 Å². The summed E-state index contributed by atoms with van der Waals surface area (Å²) in [6.45, 7) is 1.29. The molecule has 1 atom stereocenters. The Labute approximate surface area is 257 Å². The van der Waals surface area contributed by atoms with Gasteiger partial charge in [-0.15, -0.1) is 0 Å². The Morgan fingerprint density at radius 1 is 1.00 bits per heavy atom. The van der Waals surface area contributed by atoms with E-state index in [4.69, 9.17) is 27.9 Å². The van der Waals surface area contributed by atoms with Gasteiger partial charge in [0.1, 0.15) is 18.3 Å². The van der Waals surface area contributed by atoms with Gasteiger partial charge in [0.05, 0.1) is 27.7 Å². The summed E-state index contributed by atoms with van der Waals surface area (Å²) in [6.07, 6.45) is 4.20. The minimum Gasteiger partial charge on any atom is -0.497 e. The fourth-order valence-corrected chi connectivity index (χ4v) is 7.07. The molecule has 0 radical (unpaired) electrons. The van der Waals surface area contributed by atoms with E-state index in [9.17, 15) is 18.0 Å². The van der Waals surface area contributed by atoms with E-state index in [1.807, 2.05) is 13.0 Å². The first-order chi connectivity index (χ1) is 20.1. The zero-order chi connectivity index (χ0) is 30.3. The van der Waals surface area contributed by atoms with Crippen molar-refractivity contribution in [3.8, 4) is 5.75 Å². The maximum atomic E-state index is 14.2. The number of ether oxygens (including phenoxy) is 1. The molecule has 1 saturated carbocycles. The average molecular weight is 633 g/mol. The van der Waals surface area contributed by atoms with Gasteiger partial charge in [0.15, 0.2) is 0 Å². The number of nitrogens with zero attached hydrogens (tertiary/aromatic N) is 2. The van der Waals surface area contributed by atoms with Crippen LogP contribution in [0.3, 0.4) is 0 Å². The molecule has 4 rings (SSSR count). The third-order valence-electron chi connectivity index (χ3n) is 7.38. The second-order valence-corrected chi connectivity index (χ2v) is 12.8. The lowest BCUT2D eigenvalue weighted by Gasteiger charge is -2.34. The van der Waals surface area contributed by atoms with Crippen molar-refractivity contribution >= 4 is 50.7 Å². The maximum absolute atomic E-state index is 14.2. The molecule has 1 aliphatic rings. The molecule has 8 nitrogen and oxygen atoms in total. The number of halogens is 2. The van der Waals surface area contributed by atoms with Gasteiger partial charge < -0.3 is 15.0 Å². The maximum Gasteiger partial charge on any atom is 0.264 e. The molecule has 1 aliphatic carbocycles. The van der Waals surface area contributed by atoms with Gasteiger partial charge in [-0.3, -0.25) is 13.9 Å². The van der Waals surface area contributed by atoms with Crippen LogP contribution in [0.4, 0.5) is 5.69 Å². The minimum absolute atomic E-state index is 0.00293. The standard InChI is InChI=1S/C31H35Cl2N3O5S/c1-3-27(31(38)34-23-12-7-8-13-23)35(20-22-11-9-14-24(19-22)41-2)29(37)21-36(28-18-10-17-26(32)30(28)33)42(39,40)25-15-5-4-6-16-25/h4-6,9-11,14-19,23,27H,3,7-8,12-13,20-21H2,1-2H3,(H,34,38)/t27-/m0/s1. The Kier molecular flexibility index (Phi) is 10.8. The van der Waals surface area contributed by atoms with Crippen molar-refractivity contribution in [2.24, 2.45) is 0 Å². The van der Waals surface area contributed by atoms with E-state index in [-0.39, 0.29) is 39.1 Å². The van der Waals surface area contributed by atoms with Crippen LogP contribution in [0.5, 0.6) is 5.75 Å². The molecule has 0 spiro atoms. The summed E-state index contributed by atoms with van der Waals surface area (Å²) in [5, 5.41) is 3.24. The fraction of sp³-hybridized carbons (Fsp3) is 0.355. The summed E-state index contributed by atoms with van der Waals surface area (Å²) in [5.41, 5.74) is 0.791. The van der Waals surface area contributed by atoms with Crippen molar-refractivity contribution in [1.82, 2.24) is 10.2 Å². The van der Waals surface area contributed by atoms with E-state index in [1.165, 1.54) is 29.2 Å². The number of nitrogens with one attached hydrogen (secondary N) is 1. The lowest BCUT2D eigenvalue weighted by Crippen LogP contribution is -2.53. The molecular formula is C31H35Cl2N3O5S. The van der Waals surface area contributed by atoms with Crippen LogP contribution in [0, 0.1) is 0 Å². The molecule has 0 unspecified atom stereocenters. The quantitative estimate of drug-likeness (QED) is 0.262. The fourth-order valence-electron chi connectivity index (χ4n) is 5.17. The van der Waals surface area contributed by atoms with Crippen LogP contribution in [0.1, 0.15) is 44.6 Å². The molecule has 224 valence electrons. The first kappa shape index (κ1) is 31.7. The molecule has 2 amide bonds. The van der Waals surface area contributed by atoms with Crippen LogP contribution in [-0.4, -0.2) is 50.9 Å². The Morgan fingerprint density at radius 2 is 1.69 bits per heavy atom. The summed E-state index contributed by atoms with van der Waals surface area (Å²) in [7, 11) is -2.71. The van der Waals surface area contributed by atoms with E-state index >= 15 is 0 Å². The predicted octanol–water partition coefficient (Wildman–Crippen LogP) is 6.06. The average Bonchev–Trinajstić information content (AvgIpc) is 3.51. The minimum atomic E-state index is -4.25. The van der Waals surface area contributed by atoms with Gasteiger partial charge in [-0.25, -0.2) is 8.42 Å². The van der Waals surface area contributed by atoms with Gasteiger partial charge in [0, 0.05) is 12.6 Å². The molecular weight excluding hydrogens is 597 g/mol. The van der Waals surface area contributed by atoms with Crippen molar-refractivity contribution in [2.45, 2.75) is 62.6 Å². The Bertz CT molecular complexity index is 1500. The molecule has 0 aromatic heterocycles. The second kappa shape index (κ2) is 14.3. The number of rotatable bonds is 12. The normalized spacial score (nSPS) is 14.3. The number of sulfonamides is 1. The van der Waals surface area contributed by atoms with Crippen molar-refractivity contribution in [3.63, 3.8) is 0 Å². The van der Waals surface area contributed by atoms with Gasteiger partial charge in [-0.2, -0.15) is 0 Å². The van der Waals surface area contributed by atoms with Crippen LogP contribution in [0.15, 0.2) is 77.7 Å². The number of anilines is 1. The van der Waals surface area contributed by atoms with E-state index in [0.29, 0.717) is 12.2 Å². The largest absolute Gasteiger partial charge is 0.497 e. The summed E-state index contributed by atoms with van der Waals surface area (Å²) in [5.74, 6) is -0.233. The monoisotopic (exact) mass is 631 g/mol. The number of hydrogen-bond acceptors (Lipinski definition) is 5. The highest BCUT2D eigenvalue weighted by molar-refractivity contribution is 7.92. The Morgan fingerprint density at radius 3 is 2.36 bits per heavy atom. The summed E-state index contributed by atoms with van der Waals surface area (Å²) >= 11 is 12.8. The lowest BCUT2D eigenvalue weighted by molar-refractivity contribution is -0.140. The van der Waals surface area contributed by atoms with Gasteiger partial charge in [-0.05, 0) is 61.2 Å². The van der Waals surface area contributed by atoms with Gasteiger partial charge >= 0.3 is 0 Å². The second-order valence-electron chi connectivity index (χ2n) is 10.2. The lowest BCUT2D eigenvalue weighted by atomic mass is 10.1. The number of carbonyl (C=O) groups is 2. The van der Waals surface area contributed by atoms with Gasteiger partial charge in [-0.1, -0.05) is 79.4 Å². The summed E-state index contributed by atoms with van der Waals surface area (Å²) in [6, 6.07) is 18.8. The van der Waals surface area contributed by atoms with Crippen LogP contribution in [0.2, 0.25) is 10.0 Å². The third-order valence-corrected chi connectivity index (χ3v) is 9.97. The van der Waals surface area contributed by atoms with Gasteiger partial charge in [0.25, 0.3) is 10.0 Å². The molecule has 3 aromatic carbocycles. The van der Waals surface area contributed by atoms with Crippen molar-refractivity contribution < 1.29 is 22.7 Å².